The number of esters is 1. The predicted octanol–water partition coefficient (Wildman–Crippen LogP) is 4.52. The monoisotopic (exact) mass is 486 g/mol. The van der Waals surface area contributed by atoms with Crippen LogP contribution in [0.1, 0.15) is 28.2 Å². The fourth-order valence-corrected chi connectivity index (χ4v) is 4.19. The third-order valence-electron chi connectivity index (χ3n) is 5.72. The fourth-order valence-electron chi connectivity index (χ4n) is 4.19. The van der Waals surface area contributed by atoms with Gasteiger partial charge in [0.25, 0.3) is 0 Å². The smallest absolute Gasteiger partial charge is 0.349 e. The summed E-state index contributed by atoms with van der Waals surface area (Å²) in [4.78, 5) is 12.4. The van der Waals surface area contributed by atoms with E-state index in [1.54, 1.807) is 44.6 Å². The number of aryl methyl sites for hydroxylation is 2. The maximum atomic E-state index is 12.4. The van der Waals surface area contributed by atoms with Gasteiger partial charge in [0, 0.05) is 11.6 Å². The lowest BCUT2D eigenvalue weighted by Crippen LogP contribution is -2.22. The lowest BCUT2D eigenvalue weighted by Gasteiger charge is -2.27. The highest BCUT2D eigenvalue weighted by molar-refractivity contribution is 5.74. The number of carbonyl (C=O) groups excluding carboxylic acids is 1. The Hall–Kier alpha value is -4.64. The van der Waals surface area contributed by atoms with Gasteiger partial charge in [0.2, 0.25) is 5.88 Å². The first kappa shape index (κ1) is 24.5. The molecule has 184 valence electrons. The van der Waals surface area contributed by atoms with Crippen molar-refractivity contribution in [2.45, 2.75) is 19.8 Å². The summed E-state index contributed by atoms with van der Waals surface area (Å²) in [5.41, 5.74) is 9.90. The normalized spacial score (nSPS) is 14.2. The van der Waals surface area contributed by atoms with Crippen LogP contribution in [0.2, 0.25) is 0 Å². The number of hydrogen-bond donors (Lipinski definition) is 1. The van der Waals surface area contributed by atoms with Gasteiger partial charge >= 0.3 is 5.97 Å². The van der Waals surface area contributed by atoms with Crippen LogP contribution in [-0.2, 0) is 4.79 Å². The van der Waals surface area contributed by atoms with E-state index in [1.807, 2.05) is 38.1 Å². The van der Waals surface area contributed by atoms with E-state index >= 15 is 0 Å². The van der Waals surface area contributed by atoms with E-state index in [9.17, 15) is 10.1 Å². The Morgan fingerprint density at radius 3 is 2.36 bits per heavy atom. The number of ether oxygens (including phenoxy) is 5. The first-order valence-electron chi connectivity index (χ1n) is 11.2. The van der Waals surface area contributed by atoms with Crippen LogP contribution in [0, 0.1) is 25.2 Å². The molecule has 1 atom stereocenters. The number of nitriles is 1. The van der Waals surface area contributed by atoms with Crippen molar-refractivity contribution in [2.24, 2.45) is 5.73 Å². The predicted molar refractivity (Wildman–Crippen MR) is 132 cm³/mol. The van der Waals surface area contributed by atoms with Crippen LogP contribution in [0.15, 0.2) is 66.1 Å². The molecule has 1 heterocycles. The first-order chi connectivity index (χ1) is 17.3. The molecular weight excluding hydrogens is 460 g/mol. The quantitative estimate of drug-likeness (QED) is 0.383. The number of rotatable bonds is 7. The second-order valence-electron chi connectivity index (χ2n) is 8.33. The number of allylic oxidation sites excluding steroid dienone is 1. The summed E-state index contributed by atoms with van der Waals surface area (Å²) in [7, 11) is 3.09. The van der Waals surface area contributed by atoms with Crippen molar-refractivity contribution in [1.82, 2.24) is 0 Å². The molecule has 3 aromatic rings. The van der Waals surface area contributed by atoms with Crippen molar-refractivity contribution < 1.29 is 28.5 Å². The Labute approximate surface area is 209 Å². The number of benzene rings is 3. The summed E-state index contributed by atoms with van der Waals surface area (Å²) in [6.07, 6.45) is 0. The van der Waals surface area contributed by atoms with Crippen molar-refractivity contribution >= 4 is 5.97 Å². The summed E-state index contributed by atoms with van der Waals surface area (Å²) >= 11 is 0. The second-order valence-corrected chi connectivity index (χ2v) is 8.33. The van der Waals surface area contributed by atoms with Crippen LogP contribution in [-0.4, -0.2) is 26.8 Å². The molecule has 0 aliphatic carbocycles. The van der Waals surface area contributed by atoms with Gasteiger partial charge in [-0.3, -0.25) is 0 Å². The number of fused-ring (bicyclic) bond motifs is 1. The summed E-state index contributed by atoms with van der Waals surface area (Å²) in [5, 5.41) is 9.80. The van der Waals surface area contributed by atoms with Gasteiger partial charge in [-0.15, -0.1) is 0 Å². The molecule has 4 rings (SSSR count). The second kappa shape index (κ2) is 10.3. The minimum absolute atomic E-state index is 0.0218. The topological polar surface area (TPSA) is 113 Å². The Kier molecular flexibility index (Phi) is 7.02. The van der Waals surface area contributed by atoms with E-state index < -0.39 is 11.9 Å². The van der Waals surface area contributed by atoms with Crippen LogP contribution in [0.3, 0.4) is 0 Å². The average molecular weight is 487 g/mol. The van der Waals surface area contributed by atoms with Gasteiger partial charge in [0.1, 0.15) is 28.9 Å². The molecule has 8 heteroatoms. The maximum absolute atomic E-state index is 12.4. The van der Waals surface area contributed by atoms with Gasteiger partial charge in [-0.05, 0) is 60.9 Å². The molecule has 0 spiro atoms. The zero-order valence-corrected chi connectivity index (χ0v) is 20.5. The molecule has 0 saturated heterocycles. The molecule has 0 aromatic heterocycles. The van der Waals surface area contributed by atoms with E-state index in [4.69, 9.17) is 29.4 Å². The zero-order chi connectivity index (χ0) is 25.8. The number of carbonyl (C=O) groups is 1. The Balaban J connectivity index is 1.57. The van der Waals surface area contributed by atoms with Gasteiger partial charge in [-0.2, -0.15) is 5.26 Å². The standard InChI is InChI=1S/C28H26N2O6/c1-16-9-17(2)11-20(10-16)34-15-26(31)35-19-6-7-21-24(13-19)36-28(30)22(14-29)27(21)18-5-8-23(32-3)25(12-18)33-4/h5-13,27H,15,30H2,1-4H3. The molecule has 0 bridgehead atoms. The number of hydrogen-bond acceptors (Lipinski definition) is 8. The molecule has 0 amide bonds. The summed E-state index contributed by atoms with van der Waals surface area (Å²) in [5.74, 6) is 1.24. The van der Waals surface area contributed by atoms with Gasteiger partial charge in [-0.25, -0.2) is 4.79 Å². The molecule has 36 heavy (non-hydrogen) atoms. The van der Waals surface area contributed by atoms with Gasteiger partial charge in [-0.1, -0.05) is 18.2 Å². The van der Waals surface area contributed by atoms with E-state index in [2.05, 4.69) is 6.07 Å². The Morgan fingerprint density at radius 2 is 1.69 bits per heavy atom. The number of methoxy groups -OCH3 is 2. The van der Waals surface area contributed by atoms with Crippen molar-refractivity contribution in [3.63, 3.8) is 0 Å². The molecule has 8 nitrogen and oxygen atoms in total. The fraction of sp³-hybridized carbons (Fsp3) is 0.214. The minimum atomic E-state index is -0.567. The van der Waals surface area contributed by atoms with Crippen molar-refractivity contribution in [3.05, 3.63) is 88.3 Å². The number of nitrogens with zero attached hydrogens (tertiary/aromatic N) is 1. The minimum Gasteiger partial charge on any atom is -0.493 e. The van der Waals surface area contributed by atoms with Crippen LogP contribution in [0.25, 0.3) is 0 Å². The van der Waals surface area contributed by atoms with Crippen molar-refractivity contribution in [3.8, 4) is 34.8 Å². The van der Waals surface area contributed by atoms with Crippen LogP contribution < -0.4 is 29.4 Å². The summed E-state index contributed by atoms with van der Waals surface area (Å²) in [6.45, 7) is 3.66. The molecule has 1 aliphatic heterocycles. The largest absolute Gasteiger partial charge is 0.493 e. The van der Waals surface area contributed by atoms with Crippen LogP contribution in [0.4, 0.5) is 0 Å². The lowest BCUT2D eigenvalue weighted by molar-refractivity contribution is -0.136. The van der Waals surface area contributed by atoms with E-state index in [-0.39, 0.29) is 23.8 Å². The Morgan fingerprint density at radius 1 is 0.972 bits per heavy atom. The number of nitrogens with two attached hydrogens (primary N) is 1. The van der Waals surface area contributed by atoms with Gasteiger partial charge in [0.05, 0.1) is 20.1 Å². The molecule has 0 radical (unpaired) electrons. The molecule has 3 aromatic carbocycles. The molecule has 1 aliphatic rings. The van der Waals surface area contributed by atoms with E-state index in [0.29, 0.717) is 28.6 Å². The third kappa shape index (κ3) is 5.05. The van der Waals surface area contributed by atoms with Crippen LogP contribution in [0.5, 0.6) is 28.7 Å². The van der Waals surface area contributed by atoms with Crippen LogP contribution >= 0.6 is 0 Å². The van der Waals surface area contributed by atoms with Crippen molar-refractivity contribution in [2.75, 3.05) is 20.8 Å². The summed E-state index contributed by atoms with van der Waals surface area (Å²) in [6, 6.07) is 18.2. The van der Waals surface area contributed by atoms with E-state index in [0.717, 1.165) is 16.7 Å². The lowest BCUT2D eigenvalue weighted by atomic mass is 9.83. The Bertz CT molecular complexity index is 1370. The highest BCUT2D eigenvalue weighted by atomic mass is 16.6. The van der Waals surface area contributed by atoms with E-state index in [1.165, 1.54) is 0 Å². The first-order valence-corrected chi connectivity index (χ1v) is 11.2. The molecule has 0 fully saturated rings. The SMILES string of the molecule is COc1ccc(C2C(C#N)=C(N)Oc3cc(OC(=O)COc4cc(C)cc(C)c4)ccc32)cc1OC. The zero-order valence-electron chi connectivity index (χ0n) is 20.5. The molecule has 1 unspecified atom stereocenters. The average Bonchev–Trinajstić information content (AvgIpc) is 2.85. The molecule has 0 saturated carbocycles. The molecular formula is C28H26N2O6. The maximum Gasteiger partial charge on any atom is 0.349 e. The third-order valence-corrected chi connectivity index (χ3v) is 5.72. The molecule has 2 N–H and O–H groups in total. The van der Waals surface area contributed by atoms with Crippen molar-refractivity contribution in [1.29, 1.82) is 5.26 Å². The van der Waals surface area contributed by atoms with Gasteiger partial charge in [0.15, 0.2) is 18.1 Å². The van der Waals surface area contributed by atoms with Gasteiger partial charge < -0.3 is 29.4 Å². The highest BCUT2D eigenvalue weighted by Crippen LogP contribution is 2.45. The summed E-state index contributed by atoms with van der Waals surface area (Å²) < 4.78 is 27.5. The highest BCUT2D eigenvalue weighted by Gasteiger charge is 2.31.